The van der Waals surface area contributed by atoms with E-state index in [9.17, 15) is 0 Å². The van der Waals surface area contributed by atoms with Crippen molar-refractivity contribution in [2.24, 2.45) is 0 Å². The van der Waals surface area contributed by atoms with E-state index in [4.69, 9.17) is 11.6 Å². The number of hydrogen-bond acceptors (Lipinski definition) is 2. The first-order chi connectivity index (χ1) is 8.83. The highest BCUT2D eigenvalue weighted by atomic mass is 35.5. The smallest absolute Gasteiger partial charge is 0.111 e. The summed E-state index contributed by atoms with van der Waals surface area (Å²) in [5.74, 6) is 0.937. The summed E-state index contributed by atoms with van der Waals surface area (Å²) in [5, 5.41) is 2.84. The maximum absolute atomic E-state index is 6.14. The van der Waals surface area contributed by atoms with Crippen molar-refractivity contribution in [2.45, 2.75) is 6.42 Å². The minimum atomic E-state index is 0.727. The summed E-state index contributed by atoms with van der Waals surface area (Å²) in [6.45, 7) is 0. The molecule has 2 nitrogen and oxygen atoms in total. The second-order valence-corrected chi connectivity index (χ2v) is 5.33. The molecule has 0 bridgehead atoms. The van der Waals surface area contributed by atoms with Gasteiger partial charge >= 0.3 is 0 Å². The molecule has 2 heterocycles. The molecular weight excluding hydrogens is 264 g/mol. The number of nitrogens with one attached hydrogen (secondary N) is 1. The Morgan fingerprint density at radius 3 is 2.83 bits per heavy atom. The third-order valence-corrected chi connectivity index (χ3v) is 3.98. The van der Waals surface area contributed by atoms with Gasteiger partial charge in [0.15, 0.2) is 0 Å². The number of H-pyrrole nitrogens is 1. The van der Waals surface area contributed by atoms with Gasteiger partial charge in [-0.25, -0.2) is 4.98 Å². The molecule has 0 spiro atoms. The van der Waals surface area contributed by atoms with Gasteiger partial charge in [0.1, 0.15) is 5.82 Å². The van der Waals surface area contributed by atoms with Crippen LogP contribution < -0.4 is 0 Å². The van der Waals surface area contributed by atoms with Gasteiger partial charge in [-0.05, 0) is 23.1 Å². The summed E-state index contributed by atoms with van der Waals surface area (Å²) in [7, 11) is 0. The average Bonchev–Trinajstić information content (AvgIpc) is 3.02. The zero-order valence-electron chi connectivity index (χ0n) is 9.56. The lowest BCUT2D eigenvalue weighted by Crippen LogP contribution is -1.91. The summed E-state index contributed by atoms with van der Waals surface area (Å²) < 4.78 is 0. The molecule has 0 saturated carbocycles. The first-order valence-corrected chi connectivity index (χ1v) is 6.90. The fourth-order valence-corrected chi connectivity index (χ4v) is 2.71. The zero-order valence-corrected chi connectivity index (χ0v) is 11.1. The van der Waals surface area contributed by atoms with Crippen molar-refractivity contribution < 1.29 is 0 Å². The SMILES string of the molecule is Clc1ccccc1Cc1nc(-c2cccs2)c[nH]1. The minimum absolute atomic E-state index is 0.727. The quantitative estimate of drug-likeness (QED) is 0.754. The summed E-state index contributed by atoms with van der Waals surface area (Å²) in [5.41, 5.74) is 2.08. The molecule has 0 fully saturated rings. The van der Waals surface area contributed by atoms with Gasteiger partial charge in [-0.1, -0.05) is 35.9 Å². The molecule has 2 aromatic heterocycles. The molecule has 1 N–H and O–H groups in total. The molecule has 0 amide bonds. The Morgan fingerprint density at radius 1 is 1.17 bits per heavy atom. The molecule has 0 saturated heterocycles. The Morgan fingerprint density at radius 2 is 2.06 bits per heavy atom. The van der Waals surface area contributed by atoms with E-state index in [2.05, 4.69) is 21.4 Å². The number of hydrogen-bond donors (Lipinski definition) is 1. The molecule has 0 aliphatic carbocycles. The molecule has 3 rings (SSSR count). The Hall–Kier alpha value is -1.58. The Labute approximate surface area is 114 Å². The van der Waals surface area contributed by atoms with Gasteiger partial charge in [-0.2, -0.15) is 0 Å². The van der Waals surface area contributed by atoms with Crippen LogP contribution in [0, 0.1) is 0 Å². The predicted molar refractivity (Wildman–Crippen MR) is 76.2 cm³/mol. The van der Waals surface area contributed by atoms with Gasteiger partial charge in [0.05, 0.1) is 10.6 Å². The Kier molecular flexibility index (Phi) is 3.17. The molecule has 0 aliphatic heterocycles. The van der Waals surface area contributed by atoms with Crippen molar-refractivity contribution in [3.63, 3.8) is 0 Å². The van der Waals surface area contributed by atoms with Crippen LogP contribution in [0.25, 0.3) is 10.6 Å². The third kappa shape index (κ3) is 2.33. The Bertz CT molecular complexity index is 643. The Balaban J connectivity index is 1.85. The molecule has 4 heteroatoms. The molecular formula is C14H11ClN2S. The molecule has 0 aliphatic rings. The molecule has 1 aromatic carbocycles. The lowest BCUT2D eigenvalue weighted by Gasteiger charge is -2.00. The maximum Gasteiger partial charge on any atom is 0.111 e. The van der Waals surface area contributed by atoms with Crippen LogP contribution in [-0.4, -0.2) is 9.97 Å². The number of imidazole rings is 1. The van der Waals surface area contributed by atoms with Crippen molar-refractivity contribution in [1.29, 1.82) is 0 Å². The topological polar surface area (TPSA) is 28.7 Å². The monoisotopic (exact) mass is 274 g/mol. The predicted octanol–water partition coefficient (Wildman–Crippen LogP) is 4.38. The number of nitrogens with zero attached hydrogens (tertiary/aromatic N) is 1. The van der Waals surface area contributed by atoms with Crippen LogP contribution >= 0.6 is 22.9 Å². The van der Waals surface area contributed by atoms with Crippen LogP contribution in [0.5, 0.6) is 0 Å². The molecule has 90 valence electrons. The largest absolute Gasteiger partial charge is 0.348 e. The number of halogens is 1. The van der Waals surface area contributed by atoms with E-state index in [1.165, 1.54) is 4.88 Å². The number of aromatic nitrogens is 2. The fourth-order valence-electron chi connectivity index (χ4n) is 1.82. The van der Waals surface area contributed by atoms with Gasteiger partial charge in [0.2, 0.25) is 0 Å². The molecule has 18 heavy (non-hydrogen) atoms. The zero-order chi connectivity index (χ0) is 12.4. The van der Waals surface area contributed by atoms with E-state index in [0.717, 1.165) is 28.5 Å². The first kappa shape index (κ1) is 11.5. The van der Waals surface area contributed by atoms with Gasteiger partial charge in [-0.15, -0.1) is 11.3 Å². The van der Waals surface area contributed by atoms with Gasteiger partial charge in [-0.3, -0.25) is 0 Å². The number of thiophene rings is 1. The van der Waals surface area contributed by atoms with E-state index in [1.54, 1.807) is 11.3 Å². The second-order valence-electron chi connectivity index (χ2n) is 3.98. The van der Waals surface area contributed by atoms with Gasteiger partial charge in [0, 0.05) is 17.6 Å². The van der Waals surface area contributed by atoms with Crippen LogP contribution in [0.4, 0.5) is 0 Å². The van der Waals surface area contributed by atoms with E-state index in [0.29, 0.717) is 0 Å². The first-order valence-electron chi connectivity index (χ1n) is 5.64. The van der Waals surface area contributed by atoms with Crippen molar-refractivity contribution in [3.8, 4) is 10.6 Å². The van der Waals surface area contributed by atoms with Crippen molar-refractivity contribution in [2.75, 3.05) is 0 Å². The van der Waals surface area contributed by atoms with Gasteiger partial charge in [0.25, 0.3) is 0 Å². The highest BCUT2D eigenvalue weighted by Gasteiger charge is 2.07. The average molecular weight is 275 g/mol. The maximum atomic E-state index is 6.14. The lowest BCUT2D eigenvalue weighted by molar-refractivity contribution is 1.03. The number of aromatic amines is 1. The van der Waals surface area contributed by atoms with Crippen molar-refractivity contribution in [3.05, 3.63) is 64.4 Å². The molecule has 0 unspecified atom stereocenters. The molecule has 0 atom stereocenters. The van der Waals surface area contributed by atoms with E-state index in [1.807, 2.05) is 36.5 Å². The van der Waals surface area contributed by atoms with Crippen LogP contribution in [-0.2, 0) is 6.42 Å². The second kappa shape index (κ2) is 4.96. The molecule has 3 aromatic rings. The van der Waals surface area contributed by atoms with Crippen LogP contribution in [0.3, 0.4) is 0 Å². The summed E-state index contributed by atoms with van der Waals surface area (Å²) in [6.07, 6.45) is 2.67. The minimum Gasteiger partial charge on any atom is -0.348 e. The third-order valence-electron chi connectivity index (χ3n) is 2.72. The lowest BCUT2D eigenvalue weighted by atomic mass is 10.1. The van der Waals surface area contributed by atoms with Crippen LogP contribution in [0.2, 0.25) is 5.02 Å². The standard InChI is InChI=1S/C14H11ClN2S/c15-11-5-2-1-4-10(11)8-14-16-9-12(17-14)13-6-3-7-18-13/h1-7,9H,8H2,(H,16,17). The number of benzene rings is 1. The number of rotatable bonds is 3. The summed E-state index contributed by atoms with van der Waals surface area (Å²) >= 11 is 7.83. The van der Waals surface area contributed by atoms with Crippen molar-refractivity contribution >= 4 is 22.9 Å². The fraction of sp³-hybridized carbons (Fsp3) is 0.0714. The summed E-state index contributed by atoms with van der Waals surface area (Å²) in [4.78, 5) is 8.97. The van der Waals surface area contributed by atoms with Crippen LogP contribution in [0.1, 0.15) is 11.4 Å². The molecule has 0 radical (unpaired) electrons. The highest BCUT2D eigenvalue weighted by Crippen LogP contribution is 2.24. The van der Waals surface area contributed by atoms with E-state index < -0.39 is 0 Å². The van der Waals surface area contributed by atoms with Crippen LogP contribution in [0.15, 0.2) is 48.0 Å². The van der Waals surface area contributed by atoms with E-state index >= 15 is 0 Å². The normalized spacial score (nSPS) is 10.7. The van der Waals surface area contributed by atoms with Gasteiger partial charge < -0.3 is 4.98 Å². The van der Waals surface area contributed by atoms with Crippen molar-refractivity contribution in [1.82, 2.24) is 9.97 Å². The van der Waals surface area contributed by atoms with E-state index in [-0.39, 0.29) is 0 Å². The summed E-state index contributed by atoms with van der Waals surface area (Å²) in [6, 6.07) is 12.0. The highest BCUT2D eigenvalue weighted by molar-refractivity contribution is 7.13.